The summed E-state index contributed by atoms with van der Waals surface area (Å²) in [6.45, 7) is 6.89. The maximum Gasteiger partial charge on any atom is 0.323 e. The van der Waals surface area contributed by atoms with E-state index in [1.54, 1.807) is 6.92 Å². The van der Waals surface area contributed by atoms with Crippen molar-refractivity contribution in [3.8, 4) is 0 Å². The van der Waals surface area contributed by atoms with Crippen LogP contribution in [0.2, 0.25) is 0 Å². The third kappa shape index (κ3) is 3.22. The van der Waals surface area contributed by atoms with Crippen molar-refractivity contribution in [3.63, 3.8) is 0 Å². The number of rotatable bonds is 4. The Balaban J connectivity index is 1.79. The number of aliphatic carboxylic acids is 1. The molecule has 0 aromatic carbocycles. The lowest BCUT2D eigenvalue weighted by Gasteiger charge is -2.44. The molecule has 5 heteroatoms. The van der Waals surface area contributed by atoms with Crippen LogP contribution in [0.1, 0.15) is 32.6 Å². The highest BCUT2D eigenvalue weighted by molar-refractivity contribution is 5.77. The second-order valence-corrected chi connectivity index (χ2v) is 5.96. The number of fused-ring (bicyclic) bond motifs is 1. The Morgan fingerprint density at radius 1 is 1.39 bits per heavy atom. The highest BCUT2D eigenvalue weighted by Gasteiger charge is 2.32. The number of carboxylic acid groups (broad SMARTS) is 1. The molecule has 0 aliphatic carbocycles. The predicted molar refractivity (Wildman–Crippen MR) is 70.5 cm³/mol. The molecule has 2 rings (SSSR count). The molecule has 0 aromatic heterocycles. The van der Waals surface area contributed by atoms with Crippen molar-refractivity contribution in [1.82, 2.24) is 9.80 Å². The number of hydrogen-bond donors (Lipinski definition) is 2. The molecule has 104 valence electrons. The van der Waals surface area contributed by atoms with Gasteiger partial charge in [-0.25, -0.2) is 0 Å². The number of carboxylic acids is 1. The monoisotopic (exact) mass is 255 g/mol. The SMILES string of the molecule is CC(N)(CCN1CCN2CCCCC2C1)C(=O)O. The summed E-state index contributed by atoms with van der Waals surface area (Å²) in [4.78, 5) is 15.9. The molecule has 2 saturated heterocycles. The van der Waals surface area contributed by atoms with E-state index < -0.39 is 11.5 Å². The van der Waals surface area contributed by atoms with Crippen LogP contribution in [0.25, 0.3) is 0 Å². The zero-order valence-electron chi connectivity index (χ0n) is 11.3. The first-order valence-electron chi connectivity index (χ1n) is 6.98. The third-order valence-electron chi connectivity index (χ3n) is 4.36. The summed E-state index contributed by atoms with van der Waals surface area (Å²) < 4.78 is 0. The average Bonchev–Trinajstić information content (AvgIpc) is 2.36. The predicted octanol–water partition coefficient (Wildman–Crippen LogP) is 0.349. The summed E-state index contributed by atoms with van der Waals surface area (Å²) in [6, 6.07) is 0.682. The molecule has 0 spiro atoms. The van der Waals surface area contributed by atoms with Crippen molar-refractivity contribution in [2.45, 2.75) is 44.2 Å². The molecule has 3 N–H and O–H groups in total. The van der Waals surface area contributed by atoms with E-state index in [1.165, 1.54) is 25.8 Å². The van der Waals surface area contributed by atoms with E-state index in [0.717, 1.165) is 26.2 Å². The molecular weight excluding hydrogens is 230 g/mol. The van der Waals surface area contributed by atoms with E-state index in [-0.39, 0.29) is 0 Å². The number of nitrogens with zero attached hydrogens (tertiary/aromatic N) is 2. The molecule has 2 unspecified atom stereocenters. The average molecular weight is 255 g/mol. The van der Waals surface area contributed by atoms with Gasteiger partial charge in [0.25, 0.3) is 0 Å². The van der Waals surface area contributed by atoms with E-state index >= 15 is 0 Å². The van der Waals surface area contributed by atoms with E-state index in [2.05, 4.69) is 9.80 Å². The zero-order chi connectivity index (χ0) is 13.2. The minimum absolute atomic E-state index is 0.523. The van der Waals surface area contributed by atoms with Crippen molar-refractivity contribution >= 4 is 5.97 Å². The molecule has 0 aromatic rings. The number of piperidine rings is 1. The summed E-state index contributed by atoms with van der Waals surface area (Å²) in [5, 5.41) is 9.01. The van der Waals surface area contributed by atoms with Crippen LogP contribution in [0.15, 0.2) is 0 Å². The molecule has 5 nitrogen and oxygen atoms in total. The molecule has 0 bridgehead atoms. The van der Waals surface area contributed by atoms with Gasteiger partial charge in [0, 0.05) is 32.2 Å². The summed E-state index contributed by atoms with van der Waals surface area (Å²) in [6.07, 6.45) is 4.47. The van der Waals surface area contributed by atoms with Crippen LogP contribution >= 0.6 is 0 Å². The van der Waals surface area contributed by atoms with E-state index in [4.69, 9.17) is 10.8 Å². The Kier molecular flexibility index (Phi) is 4.25. The largest absolute Gasteiger partial charge is 0.480 e. The molecule has 2 fully saturated rings. The molecule has 0 radical (unpaired) electrons. The van der Waals surface area contributed by atoms with Crippen molar-refractivity contribution in [2.75, 3.05) is 32.7 Å². The molecule has 0 saturated carbocycles. The zero-order valence-corrected chi connectivity index (χ0v) is 11.3. The van der Waals surface area contributed by atoms with Gasteiger partial charge in [-0.2, -0.15) is 0 Å². The van der Waals surface area contributed by atoms with Gasteiger partial charge < -0.3 is 15.7 Å². The molecular formula is C13H25N3O2. The number of piperazine rings is 1. The lowest BCUT2D eigenvalue weighted by atomic mass is 9.97. The molecule has 2 atom stereocenters. The maximum absolute atomic E-state index is 11.0. The van der Waals surface area contributed by atoms with Crippen LogP contribution in [0.3, 0.4) is 0 Å². The first-order chi connectivity index (χ1) is 8.49. The fourth-order valence-corrected chi connectivity index (χ4v) is 2.92. The van der Waals surface area contributed by atoms with Gasteiger partial charge in [-0.1, -0.05) is 6.42 Å². The normalized spacial score (nSPS) is 29.6. The summed E-state index contributed by atoms with van der Waals surface area (Å²) in [5.41, 5.74) is 4.68. The van der Waals surface area contributed by atoms with Gasteiger partial charge >= 0.3 is 5.97 Å². The Morgan fingerprint density at radius 2 is 2.17 bits per heavy atom. The second kappa shape index (κ2) is 5.55. The van der Waals surface area contributed by atoms with Gasteiger partial charge in [0.05, 0.1) is 0 Å². The maximum atomic E-state index is 11.0. The van der Waals surface area contributed by atoms with E-state index in [1.807, 2.05) is 0 Å². The van der Waals surface area contributed by atoms with Crippen molar-refractivity contribution in [2.24, 2.45) is 5.73 Å². The molecule has 18 heavy (non-hydrogen) atoms. The van der Waals surface area contributed by atoms with Gasteiger partial charge in [-0.3, -0.25) is 9.69 Å². The Hall–Kier alpha value is -0.650. The summed E-state index contributed by atoms with van der Waals surface area (Å²) >= 11 is 0. The van der Waals surface area contributed by atoms with Gasteiger partial charge in [0.2, 0.25) is 0 Å². The van der Waals surface area contributed by atoms with Crippen LogP contribution in [-0.2, 0) is 4.79 Å². The molecule has 2 aliphatic rings. The molecule has 0 amide bonds. The lowest BCUT2D eigenvalue weighted by Crippen LogP contribution is -2.56. The van der Waals surface area contributed by atoms with Crippen LogP contribution < -0.4 is 5.73 Å². The van der Waals surface area contributed by atoms with Crippen LogP contribution in [0.5, 0.6) is 0 Å². The topological polar surface area (TPSA) is 69.8 Å². The molecule has 2 aliphatic heterocycles. The van der Waals surface area contributed by atoms with Crippen LogP contribution in [0, 0.1) is 0 Å². The van der Waals surface area contributed by atoms with Crippen molar-refractivity contribution in [1.29, 1.82) is 0 Å². The smallest absolute Gasteiger partial charge is 0.323 e. The first kappa shape index (κ1) is 13.8. The first-order valence-corrected chi connectivity index (χ1v) is 6.98. The van der Waals surface area contributed by atoms with Gasteiger partial charge in [-0.05, 0) is 32.7 Å². The van der Waals surface area contributed by atoms with Gasteiger partial charge in [0.1, 0.15) is 5.54 Å². The molecule has 2 heterocycles. The van der Waals surface area contributed by atoms with Crippen molar-refractivity contribution in [3.05, 3.63) is 0 Å². The van der Waals surface area contributed by atoms with E-state index in [9.17, 15) is 4.79 Å². The Morgan fingerprint density at radius 3 is 2.89 bits per heavy atom. The number of nitrogens with two attached hydrogens (primary N) is 1. The fraction of sp³-hybridized carbons (Fsp3) is 0.923. The van der Waals surface area contributed by atoms with Crippen LogP contribution in [0.4, 0.5) is 0 Å². The number of carbonyl (C=O) groups is 1. The van der Waals surface area contributed by atoms with Gasteiger partial charge in [0.15, 0.2) is 0 Å². The lowest BCUT2D eigenvalue weighted by molar-refractivity contribution is -0.143. The van der Waals surface area contributed by atoms with Crippen LogP contribution in [-0.4, -0.2) is 65.2 Å². The number of hydrogen-bond acceptors (Lipinski definition) is 4. The standard InChI is InChI=1S/C13H25N3O2/c1-13(14,12(17)18)5-7-15-8-9-16-6-3-2-4-11(16)10-15/h11H,2-10,14H2,1H3,(H,17,18). The summed E-state index contributed by atoms with van der Waals surface area (Å²) in [7, 11) is 0. The summed E-state index contributed by atoms with van der Waals surface area (Å²) in [5.74, 6) is -0.904. The van der Waals surface area contributed by atoms with Gasteiger partial charge in [-0.15, -0.1) is 0 Å². The second-order valence-electron chi connectivity index (χ2n) is 5.96. The minimum Gasteiger partial charge on any atom is -0.480 e. The highest BCUT2D eigenvalue weighted by Crippen LogP contribution is 2.21. The highest BCUT2D eigenvalue weighted by atomic mass is 16.4. The quantitative estimate of drug-likeness (QED) is 0.758. The fourth-order valence-electron chi connectivity index (χ4n) is 2.92. The minimum atomic E-state index is -1.09. The Bertz CT molecular complexity index is 307. The van der Waals surface area contributed by atoms with Crippen molar-refractivity contribution < 1.29 is 9.90 Å². The van der Waals surface area contributed by atoms with E-state index in [0.29, 0.717) is 12.5 Å². The third-order valence-corrected chi connectivity index (χ3v) is 4.36. The Labute approximate surface area is 109 Å².